The Hall–Kier alpha value is -1.11. The van der Waals surface area contributed by atoms with Gasteiger partial charge >= 0.3 is 0 Å². The molecule has 0 heterocycles. The van der Waals surface area contributed by atoms with Crippen LogP contribution in [-0.4, -0.2) is 32.4 Å². The number of sulfonamides is 1. The van der Waals surface area contributed by atoms with E-state index in [1.54, 1.807) is 13.0 Å². The van der Waals surface area contributed by atoms with Crippen molar-refractivity contribution in [1.29, 1.82) is 0 Å². The third-order valence-electron chi connectivity index (χ3n) is 2.84. The van der Waals surface area contributed by atoms with Crippen LogP contribution in [0.3, 0.4) is 0 Å². The third-order valence-corrected chi connectivity index (χ3v) is 4.31. The zero-order chi connectivity index (χ0) is 14.5. The Morgan fingerprint density at radius 1 is 1.37 bits per heavy atom. The third kappa shape index (κ3) is 5.18. The van der Waals surface area contributed by atoms with E-state index in [9.17, 15) is 13.5 Å². The Bertz CT molecular complexity index is 515. The number of nitrogens with one attached hydrogen (secondary N) is 2. The van der Waals surface area contributed by atoms with Gasteiger partial charge in [0.05, 0.1) is 5.75 Å². The Kier molecular flexibility index (Phi) is 5.78. The summed E-state index contributed by atoms with van der Waals surface area (Å²) in [7, 11) is -3.20. The minimum absolute atomic E-state index is 0.0256. The van der Waals surface area contributed by atoms with Crippen LogP contribution in [-0.2, 0) is 10.0 Å². The average molecular weight is 286 g/mol. The first-order valence-corrected chi connectivity index (χ1v) is 8.01. The van der Waals surface area contributed by atoms with Gasteiger partial charge in [0.2, 0.25) is 10.0 Å². The van der Waals surface area contributed by atoms with E-state index in [2.05, 4.69) is 10.0 Å². The van der Waals surface area contributed by atoms with Gasteiger partial charge < -0.3 is 10.4 Å². The molecule has 1 unspecified atom stereocenters. The van der Waals surface area contributed by atoms with E-state index in [0.29, 0.717) is 13.1 Å². The van der Waals surface area contributed by atoms with Crippen molar-refractivity contribution in [2.75, 3.05) is 18.8 Å². The van der Waals surface area contributed by atoms with Crippen molar-refractivity contribution < 1.29 is 13.5 Å². The van der Waals surface area contributed by atoms with Crippen LogP contribution in [0.25, 0.3) is 0 Å². The van der Waals surface area contributed by atoms with Crippen LogP contribution in [0.5, 0.6) is 5.75 Å². The van der Waals surface area contributed by atoms with E-state index in [-0.39, 0.29) is 17.5 Å². The summed E-state index contributed by atoms with van der Waals surface area (Å²) in [5.41, 5.74) is 1.84. The summed E-state index contributed by atoms with van der Waals surface area (Å²) in [6.45, 7) is 6.33. The molecule has 1 aromatic carbocycles. The number of rotatable bonds is 7. The predicted octanol–water partition coefficient (Wildman–Crippen LogP) is 1.29. The maximum Gasteiger partial charge on any atom is 0.212 e. The maximum atomic E-state index is 11.5. The molecule has 0 aliphatic rings. The quantitative estimate of drug-likeness (QED) is 0.706. The Morgan fingerprint density at radius 2 is 2.05 bits per heavy atom. The first-order valence-electron chi connectivity index (χ1n) is 6.36. The van der Waals surface area contributed by atoms with Crippen molar-refractivity contribution in [3.63, 3.8) is 0 Å². The molecule has 0 aliphatic carbocycles. The molecule has 0 amide bonds. The molecule has 0 saturated carbocycles. The molecule has 0 spiro atoms. The number of hydrogen-bond acceptors (Lipinski definition) is 4. The minimum Gasteiger partial charge on any atom is -0.508 e. The van der Waals surface area contributed by atoms with Gasteiger partial charge in [0, 0.05) is 24.7 Å². The largest absolute Gasteiger partial charge is 0.508 e. The summed E-state index contributed by atoms with van der Waals surface area (Å²) >= 11 is 0. The highest BCUT2D eigenvalue weighted by molar-refractivity contribution is 7.89. The van der Waals surface area contributed by atoms with Gasteiger partial charge in [-0.15, -0.1) is 0 Å². The van der Waals surface area contributed by atoms with Gasteiger partial charge in [-0.05, 0) is 19.9 Å². The van der Waals surface area contributed by atoms with Gasteiger partial charge in [0.1, 0.15) is 5.75 Å². The maximum absolute atomic E-state index is 11.5. The van der Waals surface area contributed by atoms with Crippen molar-refractivity contribution in [2.45, 2.75) is 26.8 Å². The molecule has 1 aromatic rings. The minimum atomic E-state index is -3.20. The average Bonchev–Trinajstić information content (AvgIpc) is 2.31. The second-order valence-electron chi connectivity index (χ2n) is 4.55. The predicted molar refractivity (Wildman–Crippen MR) is 76.7 cm³/mol. The van der Waals surface area contributed by atoms with E-state index in [1.165, 1.54) is 0 Å². The van der Waals surface area contributed by atoms with Crippen molar-refractivity contribution in [1.82, 2.24) is 10.0 Å². The topological polar surface area (TPSA) is 78.4 Å². The van der Waals surface area contributed by atoms with Crippen LogP contribution in [0.4, 0.5) is 0 Å². The highest BCUT2D eigenvalue weighted by Gasteiger charge is 2.12. The summed E-state index contributed by atoms with van der Waals surface area (Å²) in [6, 6.07) is 5.28. The molecule has 0 fully saturated rings. The lowest BCUT2D eigenvalue weighted by Crippen LogP contribution is -2.32. The molecule has 0 aliphatic heterocycles. The van der Waals surface area contributed by atoms with Crippen LogP contribution in [0, 0.1) is 6.92 Å². The van der Waals surface area contributed by atoms with Crippen molar-refractivity contribution >= 4 is 10.0 Å². The molecule has 0 bridgehead atoms. The van der Waals surface area contributed by atoms with E-state index in [4.69, 9.17) is 0 Å². The van der Waals surface area contributed by atoms with Crippen molar-refractivity contribution in [3.05, 3.63) is 29.3 Å². The van der Waals surface area contributed by atoms with Crippen LogP contribution in [0.2, 0.25) is 0 Å². The van der Waals surface area contributed by atoms with Crippen molar-refractivity contribution in [3.8, 4) is 5.75 Å². The first kappa shape index (κ1) is 15.9. The van der Waals surface area contributed by atoms with E-state index in [0.717, 1.165) is 11.1 Å². The number of aryl methyl sites for hydroxylation is 1. The van der Waals surface area contributed by atoms with Gasteiger partial charge in [0.25, 0.3) is 0 Å². The summed E-state index contributed by atoms with van der Waals surface area (Å²) in [4.78, 5) is 0. The van der Waals surface area contributed by atoms with E-state index >= 15 is 0 Å². The number of benzene rings is 1. The molecule has 5 nitrogen and oxygen atoms in total. The molecule has 1 rings (SSSR count). The zero-order valence-electron chi connectivity index (χ0n) is 11.6. The lowest BCUT2D eigenvalue weighted by atomic mass is 10.0. The number of aromatic hydroxyl groups is 1. The second kappa shape index (κ2) is 6.88. The smallest absolute Gasteiger partial charge is 0.212 e. The number of phenolic OH excluding ortho intramolecular Hbond substituents is 1. The zero-order valence-corrected chi connectivity index (χ0v) is 12.4. The molecule has 0 saturated heterocycles. The fourth-order valence-corrected chi connectivity index (χ4v) is 2.80. The molecular weight excluding hydrogens is 264 g/mol. The normalized spacial score (nSPS) is 13.4. The first-order chi connectivity index (χ1) is 8.85. The Balaban J connectivity index is 2.56. The molecular formula is C13H22N2O3S. The summed E-state index contributed by atoms with van der Waals surface area (Å²) in [5, 5.41) is 12.9. The summed E-state index contributed by atoms with van der Waals surface area (Å²) < 4.78 is 25.4. The lowest BCUT2D eigenvalue weighted by molar-refractivity contribution is 0.454. The second-order valence-corrected chi connectivity index (χ2v) is 6.48. The molecule has 3 N–H and O–H groups in total. The molecule has 0 aromatic heterocycles. The van der Waals surface area contributed by atoms with Crippen LogP contribution in [0.1, 0.15) is 31.0 Å². The van der Waals surface area contributed by atoms with Gasteiger partial charge in [-0.3, -0.25) is 0 Å². The molecule has 108 valence electrons. The SMILES string of the molecule is CCNS(=O)(=O)CCNC(C)c1cc(C)ccc1O. The fourth-order valence-electron chi connectivity index (χ4n) is 1.83. The molecule has 6 heteroatoms. The standard InChI is InChI=1S/C13H22N2O3S/c1-4-15-19(17,18)8-7-14-11(3)12-9-10(2)5-6-13(12)16/h5-6,9,11,14-16H,4,7-8H2,1-3H3. The molecule has 0 radical (unpaired) electrons. The van der Waals surface area contributed by atoms with Crippen LogP contribution in [0.15, 0.2) is 18.2 Å². The summed E-state index contributed by atoms with van der Waals surface area (Å²) in [5.74, 6) is 0.248. The van der Waals surface area contributed by atoms with Gasteiger partial charge in [-0.2, -0.15) is 0 Å². The van der Waals surface area contributed by atoms with E-state index < -0.39 is 10.0 Å². The highest BCUT2D eigenvalue weighted by Crippen LogP contribution is 2.24. The highest BCUT2D eigenvalue weighted by atomic mass is 32.2. The number of hydrogen-bond donors (Lipinski definition) is 3. The van der Waals surface area contributed by atoms with Crippen LogP contribution >= 0.6 is 0 Å². The summed E-state index contributed by atoms with van der Waals surface area (Å²) in [6.07, 6.45) is 0. The van der Waals surface area contributed by atoms with Crippen molar-refractivity contribution in [2.24, 2.45) is 0 Å². The van der Waals surface area contributed by atoms with Gasteiger partial charge in [-0.1, -0.05) is 24.6 Å². The van der Waals surface area contributed by atoms with Crippen LogP contribution < -0.4 is 10.0 Å². The van der Waals surface area contributed by atoms with Gasteiger partial charge in [0.15, 0.2) is 0 Å². The fraction of sp³-hybridized carbons (Fsp3) is 0.538. The van der Waals surface area contributed by atoms with Gasteiger partial charge in [-0.25, -0.2) is 13.1 Å². The Labute approximate surface area is 115 Å². The Morgan fingerprint density at radius 3 is 2.68 bits per heavy atom. The lowest BCUT2D eigenvalue weighted by Gasteiger charge is -2.16. The molecule has 19 heavy (non-hydrogen) atoms. The monoisotopic (exact) mass is 286 g/mol. The van der Waals surface area contributed by atoms with E-state index in [1.807, 2.05) is 26.0 Å². The number of phenols is 1. The molecule has 1 atom stereocenters.